The average molecular weight is 328 g/mol. The number of allylic oxidation sites excluding steroid dienone is 1. The molecule has 0 fully saturated rings. The molecule has 0 heterocycles. The lowest BCUT2D eigenvalue weighted by Gasteiger charge is -2.21. The van der Waals surface area contributed by atoms with Crippen molar-refractivity contribution in [1.29, 1.82) is 0 Å². The Bertz CT molecular complexity index is 555. The Morgan fingerprint density at radius 2 is 2.05 bits per heavy atom. The summed E-state index contributed by atoms with van der Waals surface area (Å²) in [5.74, 6) is -0.207. The summed E-state index contributed by atoms with van der Waals surface area (Å²) in [5.41, 5.74) is 2.71. The molecule has 0 radical (unpaired) electrons. The normalized spacial score (nSPS) is 15.0. The van der Waals surface area contributed by atoms with Crippen molar-refractivity contribution in [3.05, 3.63) is 45.1 Å². The molecule has 0 spiro atoms. The Labute approximate surface area is 135 Å². The van der Waals surface area contributed by atoms with Crippen molar-refractivity contribution in [1.82, 2.24) is 5.32 Å². The highest BCUT2D eigenvalue weighted by molar-refractivity contribution is 6.35. The fourth-order valence-electron chi connectivity index (χ4n) is 2.41. The van der Waals surface area contributed by atoms with E-state index in [9.17, 15) is 4.79 Å². The van der Waals surface area contributed by atoms with Crippen molar-refractivity contribution in [3.8, 4) is 0 Å². The SMILES string of the molecule is CCOC(=O)C1=C(NCc2ccc(Cl)cc2Cl)CCCC1. The van der Waals surface area contributed by atoms with E-state index >= 15 is 0 Å². The molecule has 0 saturated heterocycles. The van der Waals surface area contributed by atoms with Crippen LogP contribution in [0.4, 0.5) is 0 Å². The van der Waals surface area contributed by atoms with Gasteiger partial charge in [0.15, 0.2) is 0 Å². The molecule has 1 aliphatic carbocycles. The van der Waals surface area contributed by atoms with E-state index in [0.29, 0.717) is 23.2 Å². The van der Waals surface area contributed by atoms with Crippen LogP contribution in [0.15, 0.2) is 29.5 Å². The highest BCUT2D eigenvalue weighted by Gasteiger charge is 2.20. The molecule has 0 aliphatic heterocycles. The summed E-state index contributed by atoms with van der Waals surface area (Å²) in [6.07, 6.45) is 3.76. The van der Waals surface area contributed by atoms with Crippen LogP contribution in [0.2, 0.25) is 10.0 Å². The number of rotatable bonds is 5. The first kappa shape index (κ1) is 16.2. The predicted octanol–water partition coefficient (Wildman–Crippen LogP) is 4.47. The highest BCUT2D eigenvalue weighted by Crippen LogP contribution is 2.26. The second-order valence-corrected chi connectivity index (χ2v) is 5.82. The Hall–Kier alpha value is -1.19. The Morgan fingerprint density at radius 3 is 2.76 bits per heavy atom. The lowest BCUT2D eigenvalue weighted by molar-refractivity contribution is -0.138. The molecule has 2 rings (SSSR count). The van der Waals surface area contributed by atoms with E-state index in [1.54, 1.807) is 6.07 Å². The summed E-state index contributed by atoms with van der Waals surface area (Å²) in [5, 5.41) is 4.59. The number of carbonyl (C=O) groups excluding carboxylic acids is 1. The molecule has 3 nitrogen and oxygen atoms in total. The van der Waals surface area contributed by atoms with Gasteiger partial charge in [0.05, 0.1) is 12.2 Å². The summed E-state index contributed by atoms with van der Waals surface area (Å²) in [6.45, 7) is 2.80. The van der Waals surface area contributed by atoms with Gasteiger partial charge < -0.3 is 10.1 Å². The average Bonchev–Trinajstić information content (AvgIpc) is 2.47. The van der Waals surface area contributed by atoms with Crippen LogP contribution >= 0.6 is 23.2 Å². The zero-order chi connectivity index (χ0) is 15.2. The van der Waals surface area contributed by atoms with E-state index in [4.69, 9.17) is 27.9 Å². The summed E-state index contributed by atoms with van der Waals surface area (Å²) >= 11 is 12.1. The molecular formula is C16H19Cl2NO2. The summed E-state index contributed by atoms with van der Waals surface area (Å²) in [4.78, 5) is 12.0. The van der Waals surface area contributed by atoms with Crippen LogP contribution in [-0.2, 0) is 16.1 Å². The maximum absolute atomic E-state index is 12.0. The highest BCUT2D eigenvalue weighted by atomic mass is 35.5. The molecular weight excluding hydrogens is 309 g/mol. The molecule has 0 amide bonds. The van der Waals surface area contributed by atoms with Gasteiger partial charge in [-0.2, -0.15) is 0 Å². The number of esters is 1. The van der Waals surface area contributed by atoms with Gasteiger partial charge in [-0.3, -0.25) is 0 Å². The van der Waals surface area contributed by atoms with Crippen LogP contribution in [0.1, 0.15) is 38.2 Å². The molecule has 114 valence electrons. The van der Waals surface area contributed by atoms with E-state index in [-0.39, 0.29) is 5.97 Å². The predicted molar refractivity (Wildman–Crippen MR) is 85.4 cm³/mol. The number of hydrogen-bond acceptors (Lipinski definition) is 3. The zero-order valence-corrected chi connectivity index (χ0v) is 13.6. The number of nitrogens with one attached hydrogen (secondary N) is 1. The molecule has 21 heavy (non-hydrogen) atoms. The van der Waals surface area contributed by atoms with Crippen LogP contribution in [0.3, 0.4) is 0 Å². The third-order valence-electron chi connectivity index (χ3n) is 3.50. The minimum Gasteiger partial charge on any atom is -0.463 e. The third kappa shape index (κ3) is 4.39. The van der Waals surface area contributed by atoms with E-state index < -0.39 is 0 Å². The van der Waals surface area contributed by atoms with Crippen molar-refractivity contribution >= 4 is 29.2 Å². The lowest BCUT2D eigenvalue weighted by atomic mass is 9.96. The fourth-order valence-corrected chi connectivity index (χ4v) is 2.89. The van der Waals surface area contributed by atoms with Crippen LogP contribution in [0.5, 0.6) is 0 Å². The van der Waals surface area contributed by atoms with E-state index in [1.807, 2.05) is 19.1 Å². The van der Waals surface area contributed by atoms with Gasteiger partial charge >= 0.3 is 5.97 Å². The standard InChI is InChI=1S/C16H19Cl2NO2/c1-2-21-16(20)13-5-3-4-6-15(13)19-10-11-7-8-12(17)9-14(11)18/h7-9,19H,2-6,10H2,1H3. The first-order valence-electron chi connectivity index (χ1n) is 7.18. The van der Waals surface area contributed by atoms with Crippen molar-refractivity contribution in [2.75, 3.05) is 6.61 Å². The monoisotopic (exact) mass is 327 g/mol. The molecule has 0 unspecified atom stereocenters. The topological polar surface area (TPSA) is 38.3 Å². The maximum Gasteiger partial charge on any atom is 0.335 e. The van der Waals surface area contributed by atoms with Crippen LogP contribution in [0.25, 0.3) is 0 Å². The largest absolute Gasteiger partial charge is 0.463 e. The first-order chi connectivity index (χ1) is 10.1. The van der Waals surface area contributed by atoms with Gasteiger partial charge in [-0.1, -0.05) is 29.3 Å². The minimum absolute atomic E-state index is 0.207. The van der Waals surface area contributed by atoms with Gasteiger partial charge in [0.2, 0.25) is 0 Å². The van der Waals surface area contributed by atoms with Crippen LogP contribution < -0.4 is 5.32 Å². The van der Waals surface area contributed by atoms with Crippen molar-refractivity contribution in [2.45, 2.75) is 39.2 Å². The number of hydrogen-bond donors (Lipinski definition) is 1. The molecule has 0 bridgehead atoms. The Balaban J connectivity index is 2.10. The van der Waals surface area contributed by atoms with Crippen molar-refractivity contribution in [3.63, 3.8) is 0 Å². The Kier molecular flexibility index (Phi) is 5.95. The first-order valence-corrected chi connectivity index (χ1v) is 7.94. The lowest BCUT2D eigenvalue weighted by Crippen LogP contribution is -2.22. The quantitative estimate of drug-likeness (QED) is 0.810. The summed E-state index contributed by atoms with van der Waals surface area (Å²) in [6, 6.07) is 5.43. The van der Waals surface area contributed by atoms with Crippen LogP contribution in [-0.4, -0.2) is 12.6 Å². The molecule has 0 aromatic heterocycles. The number of carbonyl (C=O) groups is 1. The summed E-state index contributed by atoms with van der Waals surface area (Å²) in [7, 11) is 0. The van der Waals surface area contributed by atoms with Gasteiger partial charge in [-0.15, -0.1) is 0 Å². The summed E-state index contributed by atoms with van der Waals surface area (Å²) < 4.78 is 5.12. The number of halogens is 2. The third-order valence-corrected chi connectivity index (χ3v) is 4.08. The maximum atomic E-state index is 12.0. The molecule has 0 atom stereocenters. The van der Waals surface area contributed by atoms with E-state index in [1.165, 1.54) is 0 Å². The van der Waals surface area contributed by atoms with Gasteiger partial charge in [0.25, 0.3) is 0 Å². The van der Waals surface area contributed by atoms with Gasteiger partial charge in [-0.25, -0.2) is 4.79 Å². The van der Waals surface area contributed by atoms with Gasteiger partial charge in [-0.05, 0) is 50.3 Å². The van der Waals surface area contributed by atoms with Crippen molar-refractivity contribution < 1.29 is 9.53 Å². The molecule has 1 aromatic carbocycles. The zero-order valence-electron chi connectivity index (χ0n) is 12.0. The number of ether oxygens (including phenoxy) is 1. The van der Waals surface area contributed by atoms with E-state index in [0.717, 1.165) is 42.5 Å². The second-order valence-electron chi connectivity index (χ2n) is 4.97. The molecule has 1 aliphatic rings. The fraction of sp³-hybridized carbons (Fsp3) is 0.438. The Morgan fingerprint density at radius 1 is 1.29 bits per heavy atom. The van der Waals surface area contributed by atoms with Gasteiger partial charge in [0, 0.05) is 22.3 Å². The minimum atomic E-state index is -0.207. The van der Waals surface area contributed by atoms with Crippen molar-refractivity contribution in [2.24, 2.45) is 0 Å². The smallest absolute Gasteiger partial charge is 0.335 e. The molecule has 1 aromatic rings. The second kappa shape index (κ2) is 7.71. The molecule has 1 N–H and O–H groups in total. The number of benzene rings is 1. The molecule has 5 heteroatoms. The van der Waals surface area contributed by atoms with E-state index in [2.05, 4.69) is 5.32 Å². The van der Waals surface area contributed by atoms with Crippen LogP contribution in [0, 0.1) is 0 Å². The van der Waals surface area contributed by atoms with Gasteiger partial charge in [0.1, 0.15) is 0 Å². The molecule has 0 saturated carbocycles.